The van der Waals surface area contributed by atoms with E-state index in [4.69, 9.17) is 5.11 Å². The zero-order valence-corrected chi connectivity index (χ0v) is 12.3. The molecule has 1 aliphatic rings. The molecule has 1 aromatic heterocycles. The summed E-state index contributed by atoms with van der Waals surface area (Å²) in [4.78, 5) is 17.2. The molecule has 0 bridgehead atoms. The van der Waals surface area contributed by atoms with Crippen molar-refractivity contribution >= 4 is 33.7 Å². The van der Waals surface area contributed by atoms with E-state index in [-0.39, 0.29) is 12.5 Å². The lowest BCUT2D eigenvalue weighted by Gasteiger charge is -2.34. The number of pyridine rings is 1. The number of carbonyl (C=O) groups is 1. The standard InChI is InChI=1S/C12H15BrN2O2S/c13-10-3-9(5-14-6-10)7-15-1-2-18-8-11(15)4-12(16)17/h3,5-6,11H,1-2,4,7-8H2,(H,16,17). The molecule has 98 valence electrons. The summed E-state index contributed by atoms with van der Waals surface area (Å²) in [6.07, 6.45) is 3.81. The van der Waals surface area contributed by atoms with E-state index in [9.17, 15) is 4.79 Å². The number of carboxylic acids is 1. The molecule has 0 spiro atoms. The Morgan fingerprint density at radius 3 is 3.17 bits per heavy atom. The molecule has 1 unspecified atom stereocenters. The Kier molecular flexibility index (Phi) is 5.03. The van der Waals surface area contributed by atoms with Crippen LogP contribution >= 0.6 is 27.7 Å². The minimum atomic E-state index is -0.722. The molecule has 2 rings (SSSR count). The Bertz CT molecular complexity index is 430. The van der Waals surface area contributed by atoms with Gasteiger partial charge in [0.15, 0.2) is 0 Å². The summed E-state index contributed by atoms with van der Waals surface area (Å²) in [5.74, 6) is 1.24. The highest BCUT2D eigenvalue weighted by Gasteiger charge is 2.24. The number of aromatic nitrogens is 1. The Morgan fingerprint density at radius 1 is 1.61 bits per heavy atom. The number of thioether (sulfide) groups is 1. The van der Waals surface area contributed by atoms with Gasteiger partial charge in [0.05, 0.1) is 6.42 Å². The van der Waals surface area contributed by atoms with Crippen LogP contribution in [0.2, 0.25) is 0 Å². The van der Waals surface area contributed by atoms with Crippen molar-refractivity contribution in [3.8, 4) is 0 Å². The summed E-state index contributed by atoms with van der Waals surface area (Å²) < 4.78 is 0.959. The Balaban J connectivity index is 2.03. The van der Waals surface area contributed by atoms with Crippen LogP contribution in [0.4, 0.5) is 0 Å². The van der Waals surface area contributed by atoms with E-state index in [2.05, 4.69) is 25.8 Å². The zero-order valence-electron chi connectivity index (χ0n) is 9.88. The third-order valence-electron chi connectivity index (χ3n) is 2.91. The van der Waals surface area contributed by atoms with Crippen LogP contribution in [0.25, 0.3) is 0 Å². The van der Waals surface area contributed by atoms with E-state index in [1.807, 2.05) is 24.0 Å². The largest absolute Gasteiger partial charge is 0.481 e. The topological polar surface area (TPSA) is 53.4 Å². The predicted octanol–water partition coefficient (Wildman–Crippen LogP) is 2.24. The van der Waals surface area contributed by atoms with Crippen molar-refractivity contribution in [2.24, 2.45) is 0 Å². The number of halogens is 1. The predicted molar refractivity (Wildman–Crippen MR) is 75.7 cm³/mol. The van der Waals surface area contributed by atoms with Gasteiger partial charge in [-0.15, -0.1) is 0 Å². The van der Waals surface area contributed by atoms with Crippen LogP contribution in [0.15, 0.2) is 22.9 Å². The summed E-state index contributed by atoms with van der Waals surface area (Å²) >= 11 is 5.24. The Morgan fingerprint density at radius 2 is 2.44 bits per heavy atom. The number of aliphatic carboxylic acids is 1. The highest BCUT2D eigenvalue weighted by Crippen LogP contribution is 2.21. The number of hydrogen-bond donors (Lipinski definition) is 1. The van der Waals surface area contributed by atoms with Gasteiger partial charge in [-0.3, -0.25) is 14.7 Å². The first-order chi connectivity index (χ1) is 8.65. The van der Waals surface area contributed by atoms with Crippen molar-refractivity contribution in [3.63, 3.8) is 0 Å². The molecule has 0 aliphatic carbocycles. The fourth-order valence-electron chi connectivity index (χ4n) is 2.06. The van der Waals surface area contributed by atoms with E-state index in [0.29, 0.717) is 0 Å². The number of carboxylic acid groups (broad SMARTS) is 1. The van der Waals surface area contributed by atoms with Crippen molar-refractivity contribution < 1.29 is 9.90 Å². The van der Waals surface area contributed by atoms with Crippen molar-refractivity contribution in [2.75, 3.05) is 18.1 Å². The van der Waals surface area contributed by atoms with Gasteiger partial charge < -0.3 is 5.11 Å². The molecule has 0 amide bonds. The van der Waals surface area contributed by atoms with Crippen molar-refractivity contribution in [1.29, 1.82) is 0 Å². The zero-order chi connectivity index (χ0) is 13.0. The average molecular weight is 331 g/mol. The first kappa shape index (κ1) is 13.8. The SMILES string of the molecule is O=C(O)CC1CSCCN1Cc1cncc(Br)c1. The molecular formula is C12H15BrN2O2S. The molecule has 1 aromatic rings. The van der Waals surface area contributed by atoms with Gasteiger partial charge >= 0.3 is 5.97 Å². The molecule has 2 heterocycles. The smallest absolute Gasteiger partial charge is 0.304 e. The molecule has 1 atom stereocenters. The molecule has 4 nitrogen and oxygen atoms in total. The van der Waals surface area contributed by atoms with E-state index in [1.54, 1.807) is 6.20 Å². The highest BCUT2D eigenvalue weighted by molar-refractivity contribution is 9.10. The second-order valence-corrected chi connectivity index (χ2v) is 6.37. The fraction of sp³-hybridized carbons (Fsp3) is 0.500. The maximum absolute atomic E-state index is 10.9. The molecule has 0 radical (unpaired) electrons. The van der Waals surface area contributed by atoms with Gasteiger partial charge in [-0.05, 0) is 27.6 Å². The van der Waals surface area contributed by atoms with Gasteiger partial charge in [-0.1, -0.05) is 0 Å². The maximum atomic E-state index is 10.9. The van der Waals surface area contributed by atoms with Gasteiger partial charge in [0.1, 0.15) is 0 Å². The molecule has 1 saturated heterocycles. The van der Waals surface area contributed by atoms with Crippen molar-refractivity contribution in [1.82, 2.24) is 9.88 Å². The molecule has 6 heteroatoms. The van der Waals surface area contributed by atoms with Crippen LogP contribution in [-0.2, 0) is 11.3 Å². The van der Waals surface area contributed by atoms with Crippen molar-refractivity contribution in [2.45, 2.75) is 19.0 Å². The molecule has 1 N–H and O–H groups in total. The van der Waals surface area contributed by atoms with Gasteiger partial charge in [-0.25, -0.2) is 0 Å². The normalized spacial score (nSPS) is 20.8. The third kappa shape index (κ3) is 3.96. The number of rotatable bonds is 4. The highest BCUT2D eigenvalue weighted by atomic mass is 79.9. The average Bonchev–Trinajstić information content (AvgIpc) is 2.31. The first-order valence-electron chi connectivity index (χ1n) is 5.78. The minimum Gasteiger partial charge on any atom is -0.481 e. The summed E-state index contributed by atoms with van der Waals surface area (Å²) in [7, 11) is 0. The van der Waals surface area contributed by atoms with Crippen LogP contribution in [-0.4, -0.2) is 45.1 Å². The lowest BCUT2D eigenvalue weighted by atomic mass is 10.1. The van der Waals surface area contributed by atoms with E-state index in [0.717, 1.165) is 34.6 Å². The summed E-state index contributed by atoms with van der Waals surface area (Å²) in [5, 5.41) is 8.94. The second-order valence-electron chi connectivity index (χ2n) is 4.31. The lowest BCUT2D eigenvalue weighted by molar-refractivity contribution is -0.138. The second kappa shape index (κ2) is 6.54. The van der Waals surface area contributed by atoms with Crippen LogP contribution in [0.5, 0.6) is 0 Å². The Hall–Kier alpha value is -0.590. The minimum absolute atomic E-state index is 0.125. The molecule has 1 aliphatic heterocycles. The Labute approximate surface area is 119 Å². The molecule has 0 aromatic carbocycles. The quantitative estimate of drug-likeness (QED) is 0.917. The van der Waals surface area contributed by atoms with Crippen LogP contribution in [0.1, 0.15) is 12.0 Å². The molecular weight excluding hydrogens is 316 g/mol. The van der Waals surface area contributed by atoms with Crippen LogP contribution < -0.4 is 0 Å². The summed E-state index contributed by atoms with van der Waals surface area (Å²) in [5.41, 5.74) is 1.12. The number of hydrogen-bond acceptors (Lipinski definition) is 4. The van der Waals surface area contributed by atoms with Crippen LogP contribution in [0, 0.1) is 0 Å². The van der Waals surface area contributed by atoms with Gasteiger partial charge in [0.2, 0.25) is 0 Å². The van der Waals surface area contributed by atoms with E-state index in [1.165, 1.54) is 0 Å². The fourth-order valence-corrected chi connectivity index (χ4v) is 3.61. The maximum Gasteiger partial charge on any atom is 0.304 e. The molecule has 1 fully saturated rings. The monoisotopic (exact) mass is 330 g/mol. The van der Waals surface area contributed by atoms with Gasteiger partial charge in [-0.2, -0.15) is 11.8 Å². The van der Waals surface area contributed by atoms with Crippen molar-refractivity contribution in [3.05, 3.63) is 28.5 Å². The third-order valence-corrected chi connectivity index (χ3v) is 4.43. The summed E-state index contributed by atoms with van der Waals surface area (Å²) in [6.45, 7) is 1.71. The lowest BCUT2D eigenvalue weighted by Crippen LogP contribution is -2.42. The van der Waals surface area contributed by atoms with Crippen LogP contribution in [0.3, 0.4) is 0 Å². The van der Waals surface area contributed by atoms with Gasteiger partial charge in [0, 0.05) is 47.5 Å². The first-order valence-corrected chi connectivity index (χ1v) is 7.73. The van der Waals surface area contributed by atoms with E-state index < -0.39 is 5.97 Å². The summed E-state index contributed by atoms with van der Waals surface area (Å²) in [6, 6.07) is 2.16. The van der Waals surface area contributed by atoms with E-state index >= 15 is 0 Å². The van der Waals surface area contributed by atoms with Gasteiger partial charge in [0.25, 0.3) is 0 Å². The number of nitrogens with zero attached hydrogens (tertiary/aromatic N) is 2. The molecule has 0 saturated carbocycles. The molecule has 18 heavy (non-hydrogen) atoms.